The van der Waals surface area contributed by atoms with Crippen LogP contribution >= 0.6 is 23.7 Å². The maximum atomic E-state index is 13.6. The molecular formula is C26H37FN2O3S2. The van der Waals surface area contributed by atoms with Gasteiger partial charge in [0, 0.05) is 25.4 Å². The van der Waals surface area contributed by atoms with Gasteiger partial charge < -0.3 is 19.5 Å². The van der Waals surface area contributed by atoms with Crippen molar-refractivity contribution in [2.24, 2.45) is 5.41 Å². The van der Waals surface area contributed by atoms with Crippen molar-refractivity contribution in [3.05, 3.63) is 42.2 Å². The summed E-state index contributed by atoms with van der Waals surface area (Å²) in [6, 6.07) is 11.3. The molecule has 5 nitrogen and oxygen atoms in total. The first kappa shape index (κ1) is 28.5. The Bertz CT molecular complexity index is 925. The van der Waals surface area contributed by atoms with Crippen molar-refractivity contribution in [3.8, 4) is 5.75 Å². The first-order valence-electron chi connectivity index (χ1n) is 11.5. The van der Waals surface area contributed by atoms with Crippen molar-refractivity contribution < 1.29 is 19.0 Å². The van der Waals surface area contributed by atoms with Crippen molar-refractivity contribution in [3.63, 3.8) is 0 Å². The number of hydrogen-bond acceptors (Lipinski definition) is 7. The molecule has 1 unspecified atom stereocenters. The molecule has 0 aromatic heterocycles. The molecule has 1 aliphatic rings. The van der Waals surface area contributed by atoms with Crippen LogP contribution in [0.4, 0.5) is 15.8 Å². The monoisotopic (exact) mass is 508 g/mol. The molecule has 2 aromatic carbocycles. The Balaban J connectivity index is 0.00000199. The third-order valence-electron chi connectivity index (χ3n) is 5.63. The topological polar surface area (TPSA) is 53.0 Å². The van der Waals surface area contributed by atoms with Crippen LogP contribution in [0.3, 0.4) is 0 Å². The van der Waals surface area contributed by atoms with Crippen LogP contribution in [-0.2, 0) is 4.79 Å². The smallest absolute Gasteiger partial charge is 0.134 e. The van der Waals surface area contributed by atoms with Gasteiger partial charge in [0.1, 0.15) is 17.9 Å². The Kier molecular flexibility index (Phi) is 11.2. The molecular weight excluding hydrogens is 471 g/mol. The number of thioether (sulfide) groups is 1. The summed E-state index contributed by atoms with van der Waals surface area (Å²) in [5, 5.41) is 7.00. The molecule has 0 radical (unpaired) electrons. The standard InChI is InChI=1S/C25H33FN2O2S2.CH4O/c1-6-7-8-20-15-28(19-11-9-18(26)10-12-19)21-13-24(31-5)22(14-23(21)32-27(20)4)30-17-25(2,3)16-29;1-2/h9-14,16,20H,6-8,15,17H2,1-5H3;2H,1H3. The lowest BCUT2D eigenvalue weighted by atomic mass is 9.98. The van der Waals surface area contributed by atoms with Gasteiger partial charge in [-0.25, -0.2) is 8.70 Å². The van der Waals surface area contributed by atoms with Crippen LogP contribution in [0.2, 0.25) is 0 Å². The highest BCUT2D eigenvalue weighted by Crippen LogP contribution is 2.46. The molecule has 34 heavy (non-hydrogen) atoms. The van der Waals surface area contributed by atoms with E-state index in [1.54, 1.807) is 23.7 Å². The van der Waals surface area contributed by atoms with E-state index in [2.05, 4.69) is 35.3 Å². The van der Waals surface area contributed by atoms with Gasteiger partial charge in [0.15, 0.2) is 0 Å². The third-order valence-corrected chi connectivity index (χ3v) is 7.50. The normalized spacial score (nSPS) is 16.2. The van der Waals surface area contributed by atoms with E-state index in [4.69, 9.17) is 9.84 Å². The fourth-order valence-electron chi connectivity index (χ4n) is 3.62. The van der Waals surface area contributed by atoms with Crippen LogP contribution in [0, 0.1) is 11.2 Å². The summed E-state index contributed by atoms with van der Waals surface area (Å²) in [6.07, 6.45) is 6.37. The highest BCUT2D eigenvalue weighted by molar-refractivity contribution is 7.98. The molecule has 0 spiro atoms. The summed E-state index contributed by atoms with van der Waals surface area (Å²) in [7, 11) is 3.14. The van der Waals surface area contributed by atoms with E-state index in [1.165, 1.54) is 12.1 Å². The second kappa shape index (κ2) is 13.4. The Labute approximate surface area is 212 Å². The summed E-state index contributed by atoms with van der Waals surface area (Å²) in [4.78, 5) is 15.7. The number of hydrogen-bond donors (Lipinski definition) is 1. The minimum Gasteiger partial charge on any atom is -0.491 e. The molecule has 1 heterocycles. The molecule has 8 heteroatoms. The van der Waals surface area contributed by atoms with Crippen LogP contribution in [0.1, 0.15) is 40.0 Å². The average molecular weight is 509 g/mol. The minimum atomic E-state index is -0.544. The molecule has 0 bridgehead atoms. The number of aliphatic hydroxyl groups excluding tert-OH is 1. The number of aldehydes is 1. The number of carbonyl (C=O) groups is 1. The number of carbonyl (C=O) groups excluding carboxylic acids is 1. The van der Waals surface area contributed by atoms with E-state index in [1.807, 2.05) is 32.2 Å². The van der Waals surface area contributed by atoms with Crippen LogP contribution in [-0.4, -0.2) is 55.3 Å². The molecule has 2 aromatic rings. The largest absolute Gasteiger partial charge is 0.491 e. The fraction of sp³-hybridized carbons (Fsp3) is 0.500. The number of benzene rings is 2. The molecule has 3 rings (SSSR count). The number of unbranched alkanes of at least 4 members (excludes halogenated alkanes) is 1. The zero-order valence-electron chi connectivity index (χ0n) is 21.0. The molecule has 0 saturated heterocycles. The van der Waals surface area contributed by atoms with Crippen molar-refractivity contribution in [2.45, 2.75) is 55.9 Å². The van der Waals surface area contributed by atoms with Crippen molar-refractivity contribution >= 4 is 41.4 Å². The lowest BCUT2D eigenvalue weighted by Crippen LogP contribution is -2.35. The van der Waals surface area contributed by atoms with Crippen LogP contribution in [0.25, 0.3) is 0 Å². The maximum Gasteiger partial charge on any atom is 0.134 e. The Morgan fingerprint density at radius 1 is 1.26 bits per heavy atom. The van der Waals surface area contributed by atoms with Crippen LogP contribution in [0.5, 0.6) is 5.75 Å². The summed E-state index contributed by atoms with van der Waals surface area (Å²) in [5.74, 6) is 0.558. The summed E-state index contributed by atoms with van der Waals surface area (Å²) < 4.78 is 22.1. The minimum absolute atomic E-state index is 0.232. The number of ether oxygens (including phenoxy) is 1. The van der Waals surface area contributed by atoms with Gasteiger partial charge in [0.2, 0.25) is 0 Å². The quantitative estimate of drug-likeness (QED) is 0.239. The van der Waals surface area contributed by atoms with E-state index in [9.17, 15) is 9.18 Å². The van der Waals surface area contributed by atoms with Crippen molar-refractivity contribution in [1.82, 2.24) is 4.31 Å². The van der Waals surface area contributed by atoms with Gasteiger partial charge in [0.25, 0.3) is 0 Å². The lowest BCUT2D eigenvalue weighted by molar-refractivity contribution is -0.116. The SMILES string of the molecule is CCCCC1CN(c2ccc(F)cc2)c2cc(SC)c(OCC(C)(C)C=O)cc2SN1C.CO. The van der Waals surface area contributed by atoms with Gasteiger partial charge in [-0.2, -0.15) is 0 Å². The number of likely N-dealkylation sites (N-methyl/N-ethyl adjacent to an activating group) is 1. The zero-order valence-corrected chi connectivity index (χ0v) is 22.6. The molecule has 1 atom stereocenters. The van der Waals surface area contributed by atoms with Gasteiger partial charge in [-0.05, 0) is 81.9 Å². The van der Waals surface area contributed by atoms with E-state index in [-0.39, 0.29) is 5.82 Å². The zero-order chi connectivity index (χ0) is 25.3. The molecule has 1 aliphatic heterocycles. The van der Waals surface area contributed by atoms with Gasteiger partial charge in [0.05, 0.1) is 27.5 Å². The van der Waals surface area contributed by atoms with Gasteiger partial charge >= 0.3 is 0 Å². The molecule has 1 N–H and O–H groups in total. The number of nitrogens with zero attached hydrogens (tertiary/aromatic N) is 2. The molecule has 0 fully saturated rings. The van der Waals surface area contributed by atoms with E-state index >= 15 is 0 Å². The molecule has 0 aliphatic carbocycles. The van der Waals surface area contributed by atoms with E-state index < -0.39 is 5.41 Å². The van der Waals surface area contributed by atoms with Gasteiger partial charge in [-0.1, -0.05) is 19.8 Å². The van der Waals surface area contributed by atoms with Crippen LogP contribution in [0.15, 0.2) is 46.2 Å². The fourth-order valence-corrected chi connectivity index (χ4v) is 5.22. The third kappa shape index (κ3) is 7.38. The Morgan fingerprint density at radius 2 is 1.94 bits per heavy atom. The number of fused-ring (bicyclic) bond motifs is 1. The second-order valence-corrected chi connectivity index (χ2v) is 10.9. The predicted octanol–water partition coefficient (Wildman–Crippen LogP) is 6.41. The molecule has 0 saturated carbocycles. The highest BCUT2D eigenvalue weighted by Gasteiger charge is 2.29. The number of anilines is 2. The highest BCUT2D eigenvalue weighted by atomic mass is 32.2. The molecule has 188 valence electrons. The van der Waals surface area contributed by atoms with E-state index in [0.29, 0.717) is 12.6 Å². The number of aliphatic hydroxyl groups is 1. The van der Waals surface area contributed by atoms with E-state index in [0.717, 1.165) is 66.1 Å². The van der Waals surface area contributed by atoms with Crippen molar-refractivity contribution in [2.75, 3.05) is 38.5 Å². The first-order valence-corrected chi connectivity index (χ1v) is 13.5. The maximum absolute atomic E-state index is 13.6. The van der Waals surface area contributed by atoms with Crippen molar-refractivity contribution in [1.29, 1.82) is 0 Å². The number of halogens is 1. The summed E-state index contributed by atoms with van der Waals surface area (Å²) in [5.41, 5.74) is 1.53. The first-order chi connectivity index (χ1) is 16.3. The van der Waals surface area contributed by atoms with Gasteiger partial charge in [-0.15, -0.1) is 11.8 Å². The Morgan fingerprint density at radius 3 is 2.53 bits per heavy atom. The summed E-state index contributed by atoms with van der Waals surface area (Å²) in [6.45, 7) is 7.11. The molecule has 0 amide bonds. The van der Waals surface area contributed by atoms with Crippen LogP contribution < -0.4 is 9.64 Å². The second-order valence-electron chi connectivity index (χ2n) is 8.89. The summed E-state index contributed by atoms with van der Waals surface area (Å²) >= 11 is 3.35. The van der Waals surface area contributed by atoms with Gasteiger partial charge in [-0.3, -0.25) is 0 Å². The predicted molar refractivity (Wildman–Crippen MR) is 142 cm³/mol. The average Bonchev–Trinajstić information content (AvgIpc) is 2.98. The number of rotatable bonds is 9. The Hall–Kier alpha value is -1.74. The lowest BCUT2D eigenvalue weighted by Gasteiger charge is -2.30.